The zero-order valence-electron chi connectivity index (χ0n) is 13.6. The van der Waals surface area contributed by atoms with Gasteiger partial charge >= 0.3 is 0 Å². The molecule has 8 nitrogen and oxygen atoms in total. The number of piperidine rings is 1. The van der Waals surface area contributed by atoms with Crippen LogP contribution in [0.25, 0.3) is 10.4 Å². The van der Waals surface area contributed by atoms with Crippen LogP contribution in [-0.2, 0) is 11.8 Å². The van der Waals surface area contributed by atoms with E-state index < -0.39 is 22.8 Å². The second-order valence-electron chi connectivity index (χ2n) is 7.50. The monoisotopic (exact) mass is 342 g/mol. The van der Waals surface area contributed by atoms with Crippen molar-refractivity contribution in [2.24, 2.45) is 5.11 Å². The number of phenolic OH excluding ortho intramolecular Hbond substituents is 1. The maximum Gasteiger partial charge on any atom is 0.200 e. The highest BCUT2D eigenvalue weighted by atomic mass is 16.5. The highest BCUT2D eigenvalue weighted by Gasteiger charge is 2.74. The number of aromatic hydroxyl groups is 1. The first-order valence-corrected chi connectivity index (χ1v) is 8.31. The number of hydrogen-bond donors (Lipinski definition) is 3. The molecule has 1 fully saturated rings. The average Bonchev–Trinajstić information content (AvgIpc) is 2.94. The third-order valence-electron chi connectivity index (χ3n) is 6.55. The summed E-state index contributed by atoms with van der Waals surface area (Å²) in [7, 11) is 1.97. The van der Waals surface area contributed by atoms with Crippen molar-refractivity contribution in [3.8, 4) is 11.5 Å². The molecule has 2 heterocycles. The van der Waals surface area contributed by atoms with E-state index in [4.69, 9.17) is 10.3 Å². The van der Waals surface area contributed by atoms with Gasteiger partial charge in [0.25, 0.3) is 0 Å². The fraction of sp³-hybridized carbons (Fsp3) is 0.529. The van der Waals surface area contributed by atoms with Crippen molar-refractivity contribution in [3.63, 3.8) is 0 Å². The van der Waals surface area contributed by atoms with Gasteiger partial charge in [0.2, 0.25) is 0 Å². The first-order chi connectivity index (χ1) is 11.9. The van der Waals surface area contributed by atoms with Gasteiger partial charge in [0, 0.05) is 16.5 Å². The molecule has 0 amide bonds. The lowest BCUT2D eigenvalue weighted by atomic mass is 9.50. The Kier molecular flexibility index (Phi) is 2.58. The molecular formula is C17H18N4O4. The maximum atomic E-state index is 11.7. The van der Waals surface area contributed by atoms with Crippen LogP contribution >= 0.6 is 0 Å². The number of phenols is 1. The summed E-state index contributed by atoms with van der Waals surface area (Å²) in [5.74, 6) is 0.240. The van der Waals surface area contributed by atoms with Crippen LogP contribution in [-0.4, -0.2) is 57.3 Å². The summed E-state index contributed by atoms with van der Waals surface area (Å²) in [6.07, 6.45) is 3.01. The van der Waals surface area contributed by atoms with Crippen LogP contribution in [0.3, 0.4) is 0 Å². The lowest BCUT2D eigenvalue weighted by molar-refractivity contribution is -0.172. The van der Waals surface area contributed by atoms with Crippen LogP contribution in [0.4, 0.5) is 0 Å². The van der Waals surface area contributed by atoms with Gasteiger partial charge in [-0.2, -0.15) is 0 Å². The van der Waals surface area contributed by atoms with E-state index in [9.17, 15) is 15.3 Å². The van der Waals surface area contributed by atoms with Crippen molar-refractivity contribution in [2.75, 3.05) is 13.6 Å². The molecule has 1 aromatic rings. The lowest BCUT2D eigenvalue weighted by Gasteiger charge is -2.62. The number of hydrogen-bond acceptors (Lipinski definition) is 6. The van der Waals surface area contributed by atoms with Gasteiger partial charge in [-0.15, -0.1) is 0 Å². The maximum absolute atomic E-state index is 11.7. The number of rotatable bonds is 1. The first-order valence-electron chi connectivity index (χ1n) is 8.31. The molecule has 2 bridgehead atoms. The molecule has 2 aliphatic carbocycles. The standard InChI is InChI=1S/C17H18N4O4/c1-21-7-6-15-12-9-2-3-10(22)13(12)25-14(15)17(24,19-20-18)5-4-16(15,23)11(21)8-9/h2-5,11,14,22-24H,6-8H2,1H3/t11-,14-,15+,16-,17+/m1/s1. The van der Waals surface area contributed by atoms with Gasteiger partial charge in [-0.05, 0) is 49.7 Å². The molecule has 4 aliphatic rings. The summed E-state index contributed by atoms with van der Waals surface area (Å²) < 4.78 is 5.98. The van der Waals surface area contributed by atoms with E-state index in [1.54, 1.807) is 12.1 Å². The van der Waals surface area contributed by atoms with Crippen LogP contribution in [0.2, 0.25) is 0 Å². The Labute approximate surface area is 143 Å². The van der Waals surface area contributed by atoms with Gasteiger partial charge in [-0.25, -0.2) is 0 Å². The summed E-state index contributed by atoms with van der Waals surface area (Å²) in [4.78, 5) is 4.88. The molecule has 3 N–H and O–H groups in total. The zero-order chi connectivity index (χ0) is 17.6. The minimum atomic E-state index is -1.93. The number of ether oxygens (including phenoxy) is 1. The van der Waals surface area contributed by atoms with Gasteiger partial charge in [-0.1, -0.05) is 17.3 Å². The molecule has 1 saturated heterocycles. The van der Waals surface area contributed by atoms with Crippen molar-refractivity contribution < 1.29 is 20.1 Å². The molecular weight excluding hydrogens is 324 g/mol. The van der Waals surface area contributed by atoms with E-state index in [1.165, 1.54) is 6.08 Å². The lowest BCUT2D eigenvalue weighted by Crippen LogP contribution is -2.76. The number of likely N-dealkylation sites (tertiary alicyclic amines) is 1. The Morgan fingerprint density at radius 3 is 2.92 bits per heavy atom. The number of azide groups is 1. The Morgan fingerprint density at radius 2 is 2.16 bits per heavy atom. The van der Waals surface area contributed by atoms with Crippen LogP contribution in [0, 0.1) is 0 Å². The smallest absolute Gasteiger partial charge is 0.200 e. The van der Waals surface area contributed by atoms with E-state index in [-0.39, 0.29) is 17.5 Å². The molecule has 0 unspecified atom stereocenters. The van der Waals surface area contributed by atoms with E-state index in [0.717, 1.165) is 11.1 Å². The number of aliphatic hydroxyl groups is 2. The molecule has 5 rings (SSSR count). The Bertz CT molecular complexity index is 882. The summed E-state index contributed by atoms with van der Waals surface area (Å²) in [6, 6.07) is 3.22. The molecule has 5 atom stereocenters. The molecule has 1 spiro atoms. The van der Waals surface area contributed by atoms with Crippen molar-refractivity contribution in [2.45, 2.75) is 41.7 Å². The Balaban J connectivity index is 1.89. The second-order valence-corrected chi connectivity index (χ2v) is 7.50. The molecule has 1 aromatic carbocycles. The highest BCUT2D eigenvalue weighted by Crippen LogP contribution is 2.65. The topological polar surface area (TPSA) is 122 Å². The fourth-order valence-corrected chi connectivity index (χ4v) is 5.47. The first kappa shape index (κ1) is 15.0. The molecule has 25 heavy (non-hydrogen) atoms. The Hall–Kier alpha value is -2.25. The van der Waals surface area contributed by atoms with Crippen LogP contribution in [0.1, 0.15) is 17.5 Å². The second kappa shape index (κ2) is 4.28. The molecule has 0 saturated carbocycles. The van der Waals surface area contributed by atoms with Gasteiger partial charge in [-0.3, -0.25) is 4.90 Å². The molecule has 2 aliphatic heterocycles. The third-order valence-corrected chi connectivity index (χ3v) is 6.55. The predicted octanol–water partition coefficient (Wildman–Crippen LogP) is 0.951. The van der Waals surface area contributed by atoms with E-state index >= 15 is 0 Å². The minimum Gasteiger partial charge on any atom is -0.504 e. The highest BCUT2D eigenvalue weighted by molar-refractivity contribution is 5.64. The fourth-order valence-electron chi connectivity index (χ4n) is 5.47. The van der Waals surface area contributed by atoms with E-state index in [0.29, 0.717) is 19.4 Å². The number of likely N-dealkylation sites (N-methyl/N-ethyl adjacent to an activating group) is 1. The van der Waals surface area contributed by atoms with Crippen molar-refractivity contribution in [1.29, 1.82) is 0 Å². The summed E-state index contributed by atoms with van der Waals surface area (Å²) >= 11 is 0. The number of benzene rings is 1. The van der Waals surface area contributed by atoms with Gasteiger partial charge in [0.05, 0.1) is 5.41 Å². The SMILES string of the molecule is CN1CC[C@]23c4c5ccc(O)c4O[C@H]2[C@](O)(N=[N+]=[N-])C=C[C@@]3(O)[C@H]1C5. The van der Waals surface area contributed by atoms with Crippen molar-refractivity contribution in [1.82, 2.24) is 4.90 Å². The molecule has 0 radical (unpaired) electrons. The molecule has 8 heteroatoms. The van der Waals surface area contributed by atoms with Crippen LogP contribution in [0.15, 0.2) is 29.4 Å². The summed E-state index contributed by atoms with van der Waals surface area (Å²) in [5.41, 5.74) is 6.46. The largest absolute Gasteiger partial charge is 0.504 e. The van der Waals surface area contributed by atoms with Gasteiger partial charge in [0.15, 0.2) is 17.2 Å². The van der Waals surface area contributed by atoms with Crippen molar-refractivity contribution >= 4 is 0 Å². The number of nitrogens with zero attached hydrogens (tertiary/aromatic N) is 4. The summed E-state index contributed by atoms with van der Waals surface area (Å²) in [5, 5.41) is 36.6. The molecule has 0 aromatic heterocycles. The van der Waals surface area contributed by atoms with Crippen LogP contribution < -0.4 is 4.74 Å². The van der Waals surface area contributed by atoms with Crippen molar-refractivity contribution in [3.05, 3.63) is 45.9 Å². The van der Waals surface area contributed by atoms with Gasteiger partial charge in [0.1, 0.15) is 11.7 Å². The average molecular weight is 342 g/mol. The van der Waals surface area contributed by atoms with Crippen LogP contribution in [0.5, 0.6) is 11.5 Å². The van der Waals surface area contributed by atoms with E-state index in [2.05, 4.69) is 14.9 Å². The minimum absolute atomic E-state index is 0.0365. The normalized spacial score (nSPS) is 43.2. The summed E-state index contributed by atoms with van der Waals surface area (Å²) in [6.45, 7) is 0.696. The predicted molar refractivity (Wildman–Crippen MR) is 87.1 cm³/mol. The quantitative estimate of drug-likeness (QED) is 0.304. The van der Waals surface area contributed by atoms with E-state index in [1.807, 2.05) is 13.1 Å². The third kappa shape index (κ3) is 1.44. The van der Waals surface area contributed by atoms with Gasteiger partial charge < -0.3 is 20.1 Å². The Morgan fingerprint density at radius 1 is 1.36 bits per heavy atom. The zero-order valence-corrected chi connectivity index (χ0v) is 13.6. The molecule has 130 valence electrons.